The predicted octanol–water partition coefficient (Wildman–Crippen LogP) is 2.73. The number of alkyl halides is 1. The van der Waals surface area contributed by atoms with E-state index in [1.807, 2.05) is 12.1 Å². The number of halogens is 1. The van der Waals surface area contributed by atoms with Gasteiger partial charge in [-0.25, -0.2) is 0 Å². The van der Waals surface area contributed by atoms with Crippen molar-refractivity contribution in [1.29, 1.82) is 0 Å². The topological polar surface area (TPSA) is 16.4 Å². The minimum Gasteiger partial charge on any atom is -0.468 e. The van der Waals surface area contributed by atoms with E-state index < -0.39 is 0 Å². The van der Waals surface area contributed by atoms with Gasteiger partial charge in [-0.3, -0.25) is 4.90 Å². The summed E-state index contributed by atoms with van der Waals surface area (Å²) in [6.07, 6.45) is 2.75. The second kappa shape index (κ2) is 6.06. The first kappa shape index (κ1) is 10.6. The quantitative estimate of drug-likeness (QED) is 0.659. The van der Waals surface area contributed by atoms with Gasteiger partial charge in [-0.2, -0.15) is 0 Å². The van der Waals surface area contributed by atoms with Crippen molar-refractivity contribution in [3.8, 4) is 0 Å². The average molecular weight is 202 g/mol. The predicted molar refractivity (Wildman–Crippen MR) is 55.0 cm³/mol. The minimum atomic E-state index is 0.731. The van der Waals surface area contributed by atoms with Gasteiger partial charge in [0.15, 0.2) is 0 Å². The highest BCUT2D eigenvalue weighted by Crippen LogP contribution is 2.05. The standard InChI is InChI=1S/C10H16ClNO/c1-2-12(7-4-6-11)9-10-5-3-8-13-10/h3,5,8H,2,4,6-7,9H2,1H3. The number of nitrogens with zero attached hydrogens (tertiary/aromatic N) is 1. The first-order chi connectivity index (χ1) is 6.36. The van der Waals surface area contributed by atoms with E-state index >= 15 is 0 Å². The van der Waals surface area contributed by atoms with Crippen LogP contribution in [0.15, 0.2) is 22.8 Å². The second-order valence-corrected chi connectivity index (χ2v) is 3.37. The highest BCUT2D eigenvalue weighted by Gasteiger charge is 2.04. The molecule has 0 saturated carbocycles. The Morgan fingerprint density at radius 2 is 2.38 bits per heavy atom. The maximum atomic E-state index is 5.63. The van der Waals surface area contributed by atoms with Gasteiger partial charge in [0.2, 0.25) is 0 Å². The monoisotopic (exact) mass is 201 g/mol. The van der Waals surface area contributed by atoms with E-state index in [0.29, 0.717) is 0 Å². The van der Waals surface area contributed by atoms with Gasteiger partial charge < -0.3 is 4.42 Å². The van der Waals surface area contributed by atoms with E-state index in [0.717, 1.165) is 37.7 Å². The maximum Gasteiger partial charge on any atom is 0.117 e. The van der Waals surface area contributed by atoms with E-state index in [9.17, 15) is 0 Å². The van der Waals surface area contributed by atoms with Crippen LogP contribution in [0.1, 0.15) is 19.1 Å². The Balaban J connectivity index is 2.31. The molecule has 1 rings (SSSR count). The molecule has 0 spiro atoms. The highest BCUT2D eigenvalue weighted by atomic mass is 35.5. The highest BCUT2D eigenvalue weighted by molar-refractivity contribution is 6.17. The number of hydrogen-bond acceptors (Lipinski definition) is 2. The van der Waals surface area contributed by atoms with E-state index in [-0.39, 0.29) is 0 Å². The summed E-state index contributed by atoms with van der Waals surface area (Å²) in [5.74, 6) is 1.76. The number of rotatable bonds is 6. The van der Waals surface area contributed by atoms with Gasteiger partial charge in [0.25, 0.3) is 0 Å². The molecule has 0 N–H and O–H groups in total. The molecule has 1 aromatic rings. The summed E-state index contributed by atoms with van der Waals surface area (Å²) in [4.78, 5) is 2.32. The Hall–Kier alpha value is -0.470. The van der Waals surface area contributed by atoms with Crippen LogP contribution in [0.3, 0.4) is 0 Å². The van der Waals surface area contributed by atoms with E-state index in [4.69, 9.17) is 16.0 Å². The van der Waals surface area contributed by atoms with Gasteiger partial charge in [-0.15, -0.1) is 11.6 Å². The second-order valence-electron chi connectivity index (χ2n) is 2.99. The molecule has 0 aliphatic heterocycles. The van der Waals surface area contributed by atoms with Crippen molar-refractivity contribution >= 4 is 11.6 Å². The first-order valence-electron chi connectivity index (χ1n) is 4.67. The molecule has 1 aromatic heterocycles. The van der Waals surface area contributed by atoms with Crippen LogP contribution in [-0.4, -0.2) is 23.9 Å². The van der Waals surface area contributed by atoms with Gasteiger partial charge in [-0.1, -0.05) is 6.92 Å². The SMILES string of the molecule is CCN(CCCCl)Cc1ccco1. The molecule has 1 heterocycles. The third-order valence-electron chi connectivity index (χ3n) is 2.01. The largest absolute Gasteiger partial charge is 0.468 e. The van der Waals surface area contributed by atoms with Crippen LogP contribution in [0.4, 0.5) is 0 Å². The molecular formula is C10H16ClNO. The normalized spacial score (nSPS) is 11.0. The zero-order valence-electron chi connectivity index (χ0n) is 8.00. The molecule has 2 nitrogen and oxygen atoms in total. The molecule has 0 bridgehead atoms. The molecule has 0 unspecified atom stereocenters. The van der Waals surface area contributed by atoms with Crippen LogP contribution in [0.5, 0.6) is 0 Å². The fraction of sp³-hybridized carbons (Fsp3) is 0.600. The van der Waals surface area contributed by atoms with Crippen molar-refractivity contribution in [2.45, 2.75) is 19.9 Å². The Bertz CT molecular complexity index is 211. The van der Waals surface area contributed by atoms with Crippen LogP contribution in [0, 0.1) is 0 Å². The zero-order chi connectivity index (χ0) is 9.52. The molecule has 0 aliphatic rings. The van der Waals surface area contributed by atoms with E-state index in [1.165, 1.54) is 0 Å². The van der Waals surface area contributed by atoms with Gasteiger partial charge in [-0.05, 0) is 31.6 Å². The lowest BCUT2D eigenvalue weighted by atomic mass is 10.3. The van der Waals surface area contributed by atoms with Gasteiger partial charge in [0, 0.05) is 5.88 Å². The number of hydrogen-bond donors (Lipinski definition) is 0. The summed E-state index contributed by atoms with van der Waals surface area (Å²) in [5, 5.41) is 0. The molecule has 0 saturated heterocycles. The van der Waals surface area contributed by atoms with E-state index in [1.54, 1.807) is 6.26 Å². The third-order valence-corrected chi connectivity index (χ3v) is 2.28. The third kappa shape index (κ3) is 3.83. The van der Waals surface area contributed by atoms with Crippen molar-refractivity contribution in [2.24, 2.45) is 0 Å². The fourth-order valence-corrected chi connectivity index (χ4v) is 1.37. The Labute approximate surface area is 84.5 Å². The summed E-state index contributed by atoms with van der Waals surface area (Å²) in [6, 6.07) is 3.92. The molecule has 0 radical (unpaired) electrons. The molecular weight excluding hydrogens is 186 g/mol. The summed E-state index contributed by atoms with van der Waals surface area (Å²) < 4.78 is 5.27. The van der Waals surface area contributed by atoms with Crippen LogP contribution in [0.2, 0.25) is 0 Å². The Morgan fingerprint density at radius 1 is 1.54 bits per heavy atom. The summed E-state index contributed by atoms with van der Waals surface area (Å²) in [5.41, 5.74) is 0. The van der Waals surface area contributed by atoms with Crippen molar-refractivity contribution in [1.82, 2.24) is 4.90 Å². The first-order valence-corrected chi connectivity index (χ1v) is 5.21. The van der Waals surface area contributed by atoms with Gasteiger partial charge in [0.1, 0.15) is 5.76 Å². The molecule has 0 fully saturated rings. The van der Waals surface area contributed by atoms with Gasteiger partial charge in [0.05, 0.1) is 12.8 Å². The molecule has 0 aliphatic carbocycles. The van der Waals surface area contributed by atoms with Crippen LogP contribution in [0.25, 0.3) is 0 Å². The molecule has 74 valence electrons. The van der Waals surface area contributed by atoms with Gasteiger partial charge >= 0.3 is 0 Å². The van der Waals surface area contributed by atoms with Crippen LogP contribution < -0.4 is 0 Å². The summed E-state index contributed by atoms with van der Waals surface area (Å²) in [6.45, 7) is 5.12. The lowest BCUT2D eigenvalue weighted by molar-refractivity contribution is 0.257. The lowest BCUT2D eigenvalue weighted by Gasteiger charge is -2.17. The van der Waals surface area contributed by atoms with Crippen molar-refractivity contribution in [2.75, 3.05) is 19.0 Å². The van der Waals surface area contributed by atoms with Crippen molar-refractivity contribution in [3.63, 3.8) is 0 Å². The molecule has 13 heavy (non-hydrogen) atoms. The number of furan rings is 1. The van der Waals surface area contributed by atoms with E-state index in [2.05, 4.69) is 11.8 Å². The minimum absolute atomic E-state index is 0.731. The molecule has 3 heteroatoms. The Kier molecular flexibility index (Phi) is 4.94. The zero-order valence-corrected chi connectivity index (χ0v) is 8.76. The fourth-order valence-electron chi connectivity index (χ4n) is 1.26. The molecule has 0 aromatic carbocycles. The van der Waals surface area contributed by atoms with Crippen molar-refractivity contribution in [3.05, 3.63) is 24.2 Å². The summed E-state index contributed by atoms with van der Waals surface area (Å²) in [7, 11) is 0. The molecule has 0 atom stereocenters. The maximum absolute atomic E-state index is 5.63. The lowest BCUT2D eigenvalue weighted by Crippen LogP contribution is -2.23. The average Bonchev–Trinajstić information content (AvgIpc) is 2.64. The Morgan fingerprint density at radius 3 is 2.92 bits per heavy atom. The van der Waals surface area contributed by atoms with Crippen LogP contribution >= 0.6 is 11.6 Å². The molecule has 0 amide bonds. The summed E-state index contributed by atoms with van der Waals surface area (Å²) >= 11 is 5.63. The smallest absolute Gasteiger partial charge is 0.117 e. The van der Waals surface area contributed by atoms with Crippen molar-refractivity contribution < 1.29 is 4.42 Å². The van der Waals surface area contributed by atoms with Crippen LogP contribution in [-0.2, 0) is 6.54 Å².